The van der Waals surface area contributed by atoms with Crippen LogP contribution >= 0.6 is 0 Å². The van der Waals surface area contributed by atoms with Crippen LogP contribution in [0.1, 0.15) is 25.3 Å². The Balaban J connectivity index is 2.29. The molecule has 0 aliphatic rings. The highest BCUT2D eigenvalue weighted by Gasteiger charge is 2.33. The number of carbonyl (C=O) groups excluding carboxylic acids is 5. The summed E-state index contributed by atoms with van der Waals surface area (Å²) in [6.45, 7) is 1.17. The maximum Gasteiger partial charge on any atom is 0.326 e. The van der Waals surface area contributed by atoms with E-state index >= 15 is 0 Å². The smallest absolute Gasteiger partial charge is 0.326 e. The van der Waals surface area contributed by atoms with Crippen LogP contribution in [0.3, 0.4) is 0 Å². The molecule has 0 fully saturated rings. The first-order valence-electron chi connectivity index (χ1n) is 11.5. The third-order valence-electron chi connectivity index (χ3n) is 5.57. The third-order valence-corrected chi connectivity index (χ3v) is 5.57. The summed E-state index contributed by atoms with van der Waals surface area (Å²) in [7, 11) is 0. The Morgan fingerprint density at radius 1 is 0.895 bits per heavy atom. The van der Waals surface area contributed by atoms with E-state index in [-0.39, 0.29) is 6.42 Å². The van der Waals surface area contributed by atoms with Crippen LogP contribution in [0, 0.1) is 0 Å². The molecule has 0 spiro atoms. The molecule has 38 heavy (non-hydrogen) atoms. The summed E-state index contributed by atoms with van der Waals surface area (Å²) >= 11 is 0. The first-order chi connectivity index (χ1) is 17.8. The summed E-state index contributed by atoms with van der Waals surface area (Å²) in [6.07, 6.45) is -1.18. The van der Waals surface area contributed by atoms with Crippen molar-refractivity contribution in [2.45, 2.75) is 56.5 Å². The minimum Gasteiger partial charge on any atom is -0.480 e. The fourth-order valence-electron chi connectivity index (χ4n) is 3.64. The van der Waals surface area contributed by atoms with Gasteiger partial charge in [0.15, 0.2) is 0 Å². The van der Waals surface area contributed by atoms with Gasteiger partial charge in [0, 0.05) is 23.5 Å². The Labute approximate surface area is 216 Å². The third kappa shape index (κ3) is 8.28. The second-order valence-corrected chi connectivity index (χ2v) is 8.70. The minimum atomic E-state index is -1.70. The molecule has 206 valence electrons. The molecule has 2 aromatic rings. The molecule has 0 radical (unpaired) electrons. The lowest BCUT2D eigenvalue weighted by Gasteiger charge is -2.26. The van der Waals surface area contributed by atoms with E-state index in [0.29, 0.717) is 5.56 Å². The predicted octanol–water partition coefficient (Wildman–Crippen LogP) is -3.29. The number of para-hydroxylation sites is 1. The first kappa shape index (κ1) is 29.7. The molecule has 12 N–H and O–H groups in total. The standard InChI is InChI=1S/C23H31N7O8/c1-10(31)19(22(36)29-16(23(37)38)8-18(26)33)30-21(35)15(28-20(34)13(24)7-17(25)32)6-11-9-27-14-5-3-2-4-12(11)14/h2-5,9-10,13,15-16,19,27,31H,6-8,24H2,1H3,(H2,25,32)(H2,26,33)(H,28,34)(H,29,36)(H,30,35)(H,37,38). The van der Waals surface area contributed by atoms with Gasteiger partial charge in [-0.1, -0.05) is 18.2 Å². The normalized spacial score (nSPS) is 14.9. The van der Waals surface area contributed by atoms with Crippen molar-refractivity contribution in [3.05, 3.63) is 36.0 Å². The number of aromatic amines is 1. The van der Waals surface area contributed by atoms with Gasteiger partial charge in [0.05, 0.1) is 25.0 Å². The molecule has 1 aromatic heterocycles. The highest BCUT2D eigenvalue weighted by Crippen LogP contribution is 2.19. The summed E-state index contributed by atoms with van der Waals surface area (Å²) in [5, 5.41) is 26.9. The van der Waals surface area contributed by atoms with Crippen LogP contribution in [0.5, 0.6) is 0 Å². The van der Waals surface area contributed by atoms with E-state index in [4.69, 9.17) is 17.2 Å². The number of fused-ring (bicyclic) bond motifs is 1. The average Bonchev–Trinajstić information content (AvgIpc) is 3.23. The fraction of sp³-hybridized carbons (Fsp3) is 0.391. The number of H-pyrrole nitrogens is 1. The van der Waals surface area contributed by atoms with E-state index in [1.807, 2.05) is 5.32 Å². The van der Waals surface area contributed by atoms with Crippen molar-refractivity contribution in [3.63, 3.8) is 0 Å². The number of benzene rings is 1. The Morgan fingerprint density at radius 2 is 1.50 bits per heavy atom. The minimum absolute atomic E-state index is 0.0849. The number of carboxylic acid groups (broad SMARTS) is 1. The second kappa shape index (κ2) is 13.2. The summed E-state index contributed by atoms with van der Waals surface area (Å²) in [4.78, 5) is 75.3. The molecule has 1 heterocycles. The largest absolute Gasteiger partial charge is 0.480 e. The van der Waals surface area contributed by atoms with Crippen LogP contribution in [-0.2, 0) is 35.2 Å². The molecule has 5 atom stereocenters. The number of aliphatic hydroxyl groups excluding tert-OH is 1. The molecule has 0 aliphatic carbocycles. The van der Waals surface area contributed by atoms with E-state index in [9.17, 15) is 39.0 Å². The van der Waals surface area contributed by atoms with Crippen LogP contribution in [0.25, 0.3) is 10.9 Å². The molecule has 0 aliphatic heterocycles. The van der Waals surface area contributed by atoms with Gasteiger partial charge < -0.3 is 48.3 Å². The van der Waals surface area contributed by atoms with Gasteiger partial charge >= 0.3 is 5.97 Å². The molecule has 0 saturated carbocycles. The van der Waals surface area contributed by atoms with Crippen LogP contribution in [0.2, 0.25) is 0 Å². The molecular formula is C23H31N7O8. The Bertz CT molecular complexity index is 1210. The van der Waals surface area contributed by atoms with Crippen LogP contribution in [0.15, 0.2) is 30.5 Å². The summed E-state index contributed by atoms with van der Waals surface area (Å²) in [5.74, 6) is -6.28. The first-order valence-corrected chi connectivity index (χ1v) is 11.5. The summed E-state index contributed by atoms with van der Waals surface area (Å²) in [6, 6.07) is 1.09. The number of primary amides is 2. The van der Waals surface area contributed by atoms with Crippen molar-refractivity contribution < 1.29 is 39.0 Å². The van der Waals surface area contributed by atoms with E-state index in [2.05, 4.69) is 15.6 Å². The van der Waals surface area contributed by atoms with Crippen LogP contribution in [-0.4, -0.2) is 81.0 Å². The molecule has 2 rings (SSSR count). The van der Waals surface area contributed by atoms with Gasteiger partial charge in [0.2, 0.25) is 29.5 Å². The van der Waals surface area contributed by atoms with Gasteiger partial charge in [-0.25, -0.2) is 4.79 Å². The van der Waals surface area contributed by atoms with Crippen molar-refractivity contribution in [2.24, 2.45) is 17.2 Å². The number of carbonyl (C=O) groups is 6. The summed E-state index contributed by atoms with van der Waals surface area (Å²) in [5.41, 5.74) is 17.2. The maximum absolute atomic E-state index is 13.3. The van der Waals surface area contributed by atoms with Crippen LogP contribution < -0.4 is 33.2 Å². The van der Waals surface area contributed by atoms with Gasteiger partial charge in [-0.3, -0.25) is 24.0 Å². The quantitative estimate of drug-likeness (QED) is 0.117. The number of nitrogens with one attached hydrogen (secondary N) is 4. The number of aliphatic carboxylic acids is 1. The van der Waals surface area contributed by atoms with Gasteiger partial charge in [-0.05, 0) is 18.6 Å². The van der Waals surface area contributed by atoms with Crippen molar-refractivity contribution in [3.8, 4) is 0 Å². The number of nitrogens with two attached hydrogens (primary N) is 3. The average molecular weight is 534 g/mol. The highest BCUT2D eigenvalue weighted by molar-refractivity contribution is 5.96. The van der Waals surface area contributed by atoms with Crippen molar-refractivity contribution in [1.82, 2.24) is 20.9 Å². The molecule has 15 nitrogen and oxygen atoms in total. The van der Waals surface area contributed by atoms with Gasteiger partial charge in [0.25, 0.3) is 0 Å². The molecular weight excluding hydrogens is 502 g/mol. The fourth-order valence-corrected chi connectivity index (χ4v) is 3.64. The summed E-state index contributed by atoms with van der Waals surface area (Å²) < 4.78 is 0. The zero-order valence-electron chi connectivity index (χ0n) is 20.5. The maximum atomic E-state index is 13.3. The molecule has 1 aromatic carbocycles. The lowest BCUT2D eigenvalue weighted by atomic mass is 10.0. The molecule has 5 amide bonds. The molecule has 15 heteroatoms. The van der Waals surface area contributed by atoms with Gasteiger partial charge in [0.1, 0.15) is 18.1 Å². The lowest BCUT2D eigenvalue weighted by molar-refractivity contribution is -0.144. The predicted molar refractivity (Wildman–Crippen MR) is 133 cm³/mol. The van der Waals surface area contributed by atoms with Crippen molar-refractivity contribution in [1.29, 1.82) is 0 Å². The lowest BCUT2D eigenvalue weighted by Crippen LogP contribution is -2.60. The van der Waals surface area contributed by atoms with Crippen LogP contribution in [0.4, 0.5) is 0 Å². The number of aromatic nitrogens is 1. The SMILES string of the molecule is CC(O)C(NC(=O)C(Cc1c[nH]c2ccccc12)NC(=O)C(N)CC(N)=O)C(=O)NC(CC(N)=O)C(=O)O. The number of aliphatic hydroxyl groups is 1. The number of hydrogen-bond acceptors (Lipinski definition) is 8. The molecule has 0 bridgehead atoms. The van der Waals surface area contributed by atoms with Crippen molar-refractivity contribution in [2.75, 3.05) is 0 Å². The van der Waals surface area contributed by atoms with E-state index in [1.54, 1.807) is 30.5 Å². The monoisotopic (exact) mass is 533 g/mol. The Morgan fingerprint density at radius 3 is 2.08 bits per heavy atom. The van der Waals surface area contributed by atoms with Crippen molar-refractivity contribution >= 4 is 46.4 Å². The van der Waals surface area contributed by atoms with Gasteiger partial charge in [-0.2, -0.15) is 0 Å². The topological polar surface area (TPSA) is 273 Å². The zero-order valence-corrected chi connectivity index (χ0v) is 20.5. The Kier molecular flexibility index (Phi) is 10.3. The number of rotatable bonds is 14. The van der Waals surface area contributed by atoms with E-state index in [1.165, 1.54) is 6.92 Å². The van der Waals surface area contributed by atoms with E-state index < -0.39 is 78.6 Å². The number of carboxylic acids is 1. The second-order valence-electron chi connectivity index (χ2n) is 8.70. The Hall–Kier alpha value is -4.50. The highest BCUT2D eigenvalue weighted by atomic mass is 16.4. The van der Waals surface area contributed by atoms with E-state index in [0.717, 1.165) is 10.9 Å². The molecule has 5 unspecified atom stereocenters. The number of amides is 5. The van der Waals surface area contributed by atoms with Gasteiger partial charge in [-0.15, -0.1) is 0 Å². The zero-order chi connectivity index (χ0) is 28.6. The number of hydrogen-bond donors (Lipinski definition) is 9. The molecule has 0 saturated heterocycles.